The number of hydrogen-bond donors (Lipinski definition) is 1. The Morgan fingerprint density at radius 3 is 2.25 bits per heavy atom. The molecule has 28 heavy (non-hydrogen) atoms. The van der Waals surface area contributed by atoms with Crippen LogP contribution in [0.4, 0.5) is 11.4 Å². The fraction of sp³-hybridized carbons (Fsp3) is 0.190. The first-order valence-corrected chi connectivity index (χ1v) is 9.19. The van der Waals surface area contributed by atoms with Crippen molar-refractivity contribution < 1.29 is 19.1 Å². The van der Waals surface area contributed by atoms with Crippen molar-refractivity contribution in [3.63, 3.8) is 0 Å². The number of rotatable bonds is 6. The van der Waals surface area contributed by atoms with Gasteiger partial charge in [-0.3, -0.25) is 14.4 Å². The van der Waals surface area contributed by atoms with Crippen molar-refractivity contribution in [1.29, 1.82) is 0 Å². The van der Waals surface area contributed by atoms with Crippen molar-refractivity contribution in [3.8, 4) is 5.75 Å². The first kappa shape index (κ1) is 19.6. The number of anilines is 2. The molecule has 0 aliphatic carbocycles. The van der Waals surface area contributed by atoms with Gasteiger partial charge in [0.1, 0.15) is 10.8 Å². The second-order valence-corrected chi connectivity index (χ2v) is 6.61. The topological polar surface area (TPSA) is 75.7 Å². The Kier molecular flexibility index (Phi) is 5.80. The molecule has 6 nitrogen and oxygen atoms in total. The summed E-state index contributed by atoms with van der Waals surface area (Å²) < 4.78 is 5.54. The van der Waals surface area contributed by atoms with Crippen LogP contribution in [0.3, 0.4) is 0 Å². The quantitative estimate of drug-likeness (QED) is 0.747. The van der Waals surface area contributed by atoms with Gasteiger partial charge in [0.15, 0.2) is 0 Å². The maximum Gasteiger partial charge on any atom is 0.277 e. The highest BCUT2D eigenvalue weighted by Crippen LogP contribution is 2.35. The van der Waals surface area contributed by atoms with E-state index >= 15 is 0 Å². The predicted octanol–water partition coefficient (Wildman–Crippen LogP) is 3.96. The van der Waals surface area contributed by atoms with Crippen molar-refractivity contribution in [2.45, 2.75) is 20.3 Å². The fourth-order valence-corrected chi connectivity index (χ4v) is 3.10. The summed E-state index contributed by atoms with van der Waals surface area (Å²) in [6, 6.07) is 13.3. The Balaban J connectivity index is 1.84. The molecular weight excluding hydrogens is 380 g/mol. The Morgan fingerprint density at radius 2 is 1.68 bits per heavy atom. The standard InChI is InChI=1S/C21H19ClN2O4/c1-3-12-28-17-10-4-14(5-11-17)18-19(22)21(27)24(20(18)26)16-8-6-15(7-9-16)23-13(2)25/h4-11H,3,12H2,1-2H3,(H,23,25). The SMILES string of the molecule is CCCOc1ccc(C2=C(Cl)C(=O)N(c3ccc(NC(C)=O)cc3)C2=O)cc1. The molecule has 3 amide bonds. The van der Waals surface area contributed by atoms with E-state index in [0.717, 1.165) is 11.3 Å². The molecule has 0 bridgehead atoms. The summed E-state index contributed by atoms with van der Waals surface area (Å²) in [7, 11) is 0. The summed E-state index contributed by atoms with van der Waals surface area (Å²) in [4.78, 5) is 37.6. The zero-order valence-electron chi connectivity index (χ0n) is 15.5. The molecule has 7 heteroatoms. The highest BCUT2D eigenvalue weighted by molar-refractivity contribution is 6.60. The van der Waals surface area contributed by atoms with Gasteiger partial charge in [-0.05, 0) is 48.4 Å². The van der Waals surface area contributed by atoms with Crippen LogP contribution in [-0.2, 0) is 14.4 Å². The van der Waals surface area contributed by atoms with Gasteiger partial charge in [-0.1, -0.05) is 30.7 Å². The first-order valence-electron chi connectivity index (χ1n) is 8.81. The Morgan fingerprint density at radius 1 is 1.04 bits per heavy atom. The third-order valence-electron chi connectivity index (χ3n) is 4.09. The predicted molar refractivity (Wildman–Crippen MR) is 108 cm³/mol. The van der Waals surface area contributed by atoms with Crippen LogP contribution in [-0.4, -0.2) is 24.3 Å². The third kappa shape index (κ3) is 3.92. The summed E-state index contributed by atoms with van der Waals surface area (Å²) in [6.45, 7) is 4.01. The minimum Gasteiger partial charge on any atom is -0.494 e. The lowest BCUT2D eigenvalue weighted by atomic mass is 10.1. The molecule has 144 valence electrons. The van der Waals surface area contributed by atoms with Gasteiger partial charge in [-0.2, -0.15) is 0 Å². The van der Waals surface area contributed by atoms with Gasteiger partial charge < -0.3 is 10.1 Å². The number of nitrogens with one attached hydrogen (secondary N) is 1. The molecular formula is C21H19ClN2O4. The van der Waals surface area contributed by atoms with Crippen LogP contribution in [0.1, 0.15) is 25.8 Å². The molecule has 0 radical (unpaired) electrons. The van der Waals surface area contributed by atoms with Crippen LogP contribution >= 0.6 is 11.6 Å². The van der Waals surface area contributed by atoms with Gasteiger partial charge >= 0.3 is 0 Å². The fourth-order valence-electron chi connectivity index (χ4n) is 2.82. The first-order chi connectivity index (χ1) is 13.4. The van der Waals surface area contributed by atoms with E-state index in [1.165, 1.54) is 6.92 Å². The molecule has 0 saturated heterocycles. The van der Waals surface area contributed by atoms with Crippen molar-refractivity contribution >= 4 is 46.3 Å². The zero-order valence-corrected chi connectivity index (χ0v) is 16.2. The maximum absolute atomic E-state index is 12.9. The molecule has 1 N–H and O–H groups in total. The van der Waals surface area contributed by atoms with E-state index < -0.39 is 11.8 Å². The number of benzene rings is 2. The second-order valence-electron chi connectivity index (χ2n) is 6.24. The average Bonchev–Trinajstić information content (AvgIpc) is 2.90. The zero-order chi connectivity index (χ0) is 20.3. The van der Waals surface area contributed by atoms with Crippen LogP contribution in [0.5, 0.6) is 5.75 Å². The molecule has 0 aromatic heterocycles. The van der Waals surface area contributed by atoms with E-state index in [-0.39, 0.29) is 16.5 Å². The molecule has 0 saturated carbocycles. The lowest BCUT2D eigenvalue weighted by Crippen LogP contribution is -2.31. The number of carbonyl (C=O) groups excluding carboxylic acids is 3. The molecule has 0 fully saturated rings. The van der Waals surface area contributed by atoms with Gasteiger partial charge in [0.25, 0.3) is 11.8 Å². The molecule has 1 aliphatic rings. The minimum atomic E-state index is -0.583. The molecule has 1 aliphatic heterocycles. The van der Waals surface area contributed by atoms with Gasteiger partial charge in [0.2, 0.25) is 5.91 Å². The van der Waals surface area contributed by atoms with Gasteiger partial charge in [0, 0.05) is 12.6 Å². The minimum absolute atomic E-state index is 0.127. The Bertz CT molecular complexity index is 949. The van der Waals surface area contributed by atoms with Crippen LogP contribution in [0.2, 0.25) is 0 Å². The second kappa shape index (κ2) is 8.27. The van der Waals surface area contributed by atoms with Crippen LogP contribution in [0.25, 0.3) is 5.57 Å². The number of carbonyl (C=O) groups is 3. The number of ether oxygens (including phenoxy) is 1. The Hall–Kier alpha value is -3.12. The van der Waals surface area contributed by atoms with E-state index in [1.807, 2.05) is 6.92 Å². The van der Waals surface area contributed by atoms with Crippen molar-refractivity contribution in [3.05, 3.63) is 59.1 Å². The molecule has 0 atom stereocenters. The summed E-state index contributed by atoms with van der Waals surface area (Å²) >= 11 is 6.21. The normalized spacial score (nSPS) is 13.9. The van der Waals surface area contributed by atoms with Crippen molar-refractivity contribution in [2.75, 3.05) is 16.8 Å². The third-order valence-corrected chi connectivity index (χ3v) is 4.44. The van der Waals surface area contributed by atoms with Crippen molar-refractivity contribution in [2.24, 2.45) is 0 Å². The molecule has 0 unspecified atom stereocenters. The monoisotopic (exact) mass is 398 g/mol. The number of amides is 3. The lowest BCUT2D eigenvalue weighted by Gasteiger charge is -2.15. The average molecular weight is 399 g/mol. The van der Waals surface area contributed by atoms with E-state index in [9.17, 15) is 14.4 Å². The summed E-state index contributed by atoms with van der Waals surface area (Å²) in [5, 5.41) is 2.51. The van der Waals surface area contributed by atoms with Crippen LogP contribution in [0.15, 0.2) is 53.6 Å². The van der Waals surface area contributed by atoms with Gasteiger partial charge in [-0.25, -0.2) is 4.90 Å². The number of hydrogen-bond acceptors (Lipinski definition) is 4. The van der Waals surface area contributed by atoms with Gasteiger partial charge in [-0.15, -0.1) is 0 Å². The lowest BCUT2D eigenvalue weighted by molar-refractivity contribution is -0.120. The molecule has 3 rings (SSSR count). The smallest absolute Gasteiger partial charge is 0.277 e. The largest absolute Gasteiger partial charge is 0.494 e. The molecule has 1 heterocycles. The van der Waals surface area contributed by atoms with Crippen LogP contribution < -0.4 is 15.0 Å². The number of imide groups is 1. The summed E-state index contributed by atoms with van der Waals surface area (Å²) in [5.74, 6) is -0.603. The highest BCUT2D eigenvalue weighted by atomic mass is 35.5. The number of halogens is 1. The highest BCUT2D eigenvalue weighted by Gasteiger charge is 2.39. The van der Waals surface area contributed by atoms with E-state index in [1.54, 1.807) is 48.5 Å². The van der Waals surface area contributed by atoms with E-state index in [4.69, 9.17) is 16.3 Å². The molecule has 2 aromatic carbocycles. The molecule has 0 spiro atoms. The van der Waals surface area contributed by atoms with Gasteiger partial charge in [0.05, 0.1) is 17.9 Å². The summed E-state index contributed by atoms with van der Waals surface area (Å²) in [5.41, 5.74) is 1.64. The van der Waals surface area contributed by atoms with E-state index in [2.05, 4.69) is 5.32 Å². The Labute approximate surface area is 167 Å². The number of nitrogens with zero attached hydrogens (tertiary/aromatic N) is 1. The van der Waals surface area contributed by atoms with E-state index in [0.29, 0.717) is 29.3 Å². The maximum atomic E-state index is 12.9. The van der Waals surface area contributed by atoms with Crippen molar-refractivity contribution in [1.82, 2.24) is 0 Å². The summed E-state index contributed by atoms with van der Waals surface area (Å²) in [6.07, 6.45) is 0.890. The molecule has 2 aromatic rings. The van der Waals surface area contributed by atoms with Crippen LogP contribution in [0, 0.1) is 0 Å².